The van der Waals surface area contributed by atoms with Crippen molar-refractivity contribution < 1.29 is 4.79 Å². The van der Waals surface area contributed by atoms with Gasteiger partial charge in [0.1, 0.15) is 0 Å². The normalized spacial score (nSPS) is 11.2. The summed E-state index contributed by atoms with van der Waals surface area (Å²) < 4.78 is 0. The van der Waals surface area contributed by atoms with Crippen LogP contribution in [-0.2, 0) is 0 Å². The van der Waals surface area contributed by atoms with Crippen molar-refractivity contribution in [2.24, 2.45) is 0 Å². The van der Waals surface area contributed by atoms with Crippen LogP contribution in [-0.4, -0.2) is 5.78 Å². The van der Waals surface area contributed by atoms with E-state index in [1.807, 2.05) is 55.5 Å². The zero-order valence-corrected chi connectivity index (χ0v) is 12.8. The van der Waals surface area contributed by atoms with Gasteiger partial charge in [-0.1, -0.05) is 60.7 Å². The van der Waals surface area contributed by atoms with Gasteiger partial charge >= 0.3 is 0 Å². The molecule has 0 fully saturated rings. The number of rotatable bonds is 3. The molecule has 22 heavy (non-hydrogen) atoms. The first kappa shape index (κ1) is 14.3. The molecule has 0 heterocycles. The highest BCUT2D eigenvalue weighted by Crippen LogP contribution is 2.20. The number of benzene rings is 3. The topological polar surface area (TPSA) is 17.1 Å². The Balaban J connectivity index is 1.92. The van der Waals surface area contributed by atoms with Gasteiger partial charge in [-0.05, 0) is 53.5 Å². The van der Waals surface area contributed by atoms with Crippen molar-refractivity contribution in [3.63, 3.8) is 0 Å². The van der Waals surface area contributed by atoms with Crippen molar-refractivity contribution in [3.8, 4) is 0 Å². The van der Waals surface area contributed by atoms with Crippen LogP contribution in [0.3, 0.4) is 0 Å². The lowest BCUT2D eigenvalue weighted by Crippen LogP contribution is -1.95. The molecule has 1 nitrogen and oxygen atoms in total. The Morgan fingerprint density at radius 3 is 2.45 bits per heavy atom. The van der Waals surface area contributed by atoms with Gasteiger partial charge in [-0.3, -0.25) is 4.79 Å². The van der Waals surface area contributed by atoms with Gasteiger partial charge in [0.2, 0.25) is 0 Å². The molecule has 108 valence electrons. The van der Waals surface area contributed by atoms with Crippen LogP contribution in [0.4, 0.5) is 0 Å². The molecule has 1 heteroatoms. The lowest BCUT2D eigenvalue weighted by Gasteiger charge is -2.03. The molecule has 3 aromatic rings. The number of carbonyl (C=O) groups excluding carboxylic acids is 1. The third-order valence-corrected chi connectivity index (χ3v) is 4.03. The maximum Gasteiger partial charge on any atom is 0.185 e. The van der Waals surface area contributed by atoms with Gasteiger partial charge in [-0.25, -0.2) is 0 Å². The molecule has 0 aliphatic carbocycles. The number of hydrogen-bond acceptors (Lipinski definition) is 1. The molecule has 0 spiro atoms. The summed E-state index contributed by atoms with van der Waals surface area (Å²) in [5.74, 6) is 0.0380. The van der Waals surface area contributed by atoms with E-state index in [0.29, 0.717) is 0 Å². The molecule has 0 aliphatic heterocycles. The summed E-state index contributed by atoms with van der Waals surface area (Å²) in [6, 6.07) is 20.2. The molecule has 0 atom stereocenters. The third-order valence-electron chi connectivity index (χ3n) is 4.03. The van der Waals surface area contributed by atoms with Crippen LogP contribution < -0.4 is 0 Å². The van der Waals surface area contributed by atoms with Crippen LogP contribution >= 0.6 is 0 Å². The van der Waals surface area contributed by atoms with E-state index < -0.39 is 0 Å². The molecule has 0 bridgehead atoms. The lowest BCUT2D eigenvalue weighted by molar-refractivity contribution is 0.104. The van der Waals surface area contributed by atoms with Gasteiger partial charge in [0, 0.05) is 5.56 Å². The van der Waals surface area contributed by atoms with Crippen LogP contribution in [0.5, 0.6) is 0 Å². The molecule has 0 amide bonds. The van der Waals surface area contributed by atoms with Crippen molar-refractivity contribution in [2.75, 3.05) is 0 Å². The largest absolute Gasteiger partial charge is 0.289 e. The average Bonchev–Trinajstić information content (AvgIpc) is 2.55. The highest BCUT2D eigenvalue weighted by Gasteiger charge is 2.04. The van der Waals surface area contributed by atoms with Crippen molar-refractivity contribution in [2.45, 2.75) is 13.8 Å². The van der Waals surface area contributed by atoms with E-state index in [4.69, 9.17) is 0 Å². The second-order valence-corrected chi connectivity index (χ2v) is 5.56. The van der Waals surface area contributed by atoms with E-state index >= 15 is 0 Å². The van der Waals surface area contributed by atoms with Gasteiger partial charge in [-0.2, -0.15) is 0 Å². The maximum absolute atomic E-state index is 12.3. The molecule has 0 saturated heterocycles. The van der Waals surface area contributed by atoms with E-state index in [-0.39, 0.29) is 5.78 Å². The smallest absolute Gasteiger partial charge is 0.185 e. The van der Waals surface area contributed by atoms with Gasteiger partial charge in [0.15, 0.2) is 5.78 Å². The van der Waals surface area contributed by atoms with E-state index in [9.17, 15) is 4.79 Å². The van der Waals surface area contributed by atoms with E-state index in [1.165, 1.54) is 10.9 Å². The molecule has 3 aromatic carbocycles. The van der Waals surface area contributed by atoms with Crippen molar-refractivity contribution in [1.29, 1.82) is 0 Å². The predicted octanol–water partition coefficient (Wildman–Crippen LogP) is 5.35. The quantitative estimate of drug-likeness (QED) is 0.468. The fourth-order valence-electron chi connectivity index (χ4n) is 2.55. The highest BCUT2D eigenvalue weighted by molar-refractivity contribution is 6.08. The lowest BCUT2D eigenvalue weighted by atomic mass is 10.0. The maximum atomic E-state index is 12.3. The minimum Gasteiger partial charge on any atom is -0.289 e. The summed E-state index contributed by atoms with van der Waals surface area (Å²) in [7, 11) is 0. The number of carbonyl (C=O) groups is 1. The van der Waals surface area contributed by atoms with Crippen molar-refractivity contribution >= 4 is 22.6 Å². The minimum atomic E-state index is 0.0380. The Kier molecular flexibility index (Phi) is 3.88. The fourth-order valence-corrected chi connectivity index (χ4v) is 2.55. The number of fused-ring (bicyclic) bond motifs is 1. The fraction of sp³-hybridized carbons (Fsp3) is 0.0952. The molecule has 0 aliphatic rings. The molecular weight excluding hydrogens is 268 g/mol. The molecule has 3 rings (SSSR count). The second kappa shape index (κ2) is 5.98. The monoisotopic (exact) mass is 286 g/mol. The number of aryl methyl sites for hydroxylation is 2. The number of allylic oxidation sites excluding steroid dienone is 1. The number of hydrogen-bond donors (Lipinski definition) is 0. The predicted molar refractivity (Wildman–Crippen MR) is 93.2 cm³/mol. The summed E-state index contributed by atoms with van der Waals surface area (Å²) >= 11 is 0. The van der Waals surface area contributed by atoms with Gasteiger partial charge in [0.05, 0.1) is 0 Å². The van der Waals surface area contributed by atoms with E-state index in [0.717, 1.165) is 22.1 Å². The Labute approximate surface area is 130 Å². The van der Waals surface area contributed by atoms with Crippen LogP contribution in [0.15, 0.2) is 66.7 Å². The van der Waals surface area contributed by atoms with Gasteiger partial charge in [0.25, 0.3) is 0 Å². The summed E-state index contributed by atoms with van der Waals surface area (Å²) in [6.45, 7) is 4.08. The summed E-state index contributed by atoms with van der Waals surface area (Å²) in [5.41, 5.74) is 4.15. The van der Waals surface area contributed by atoms with Gasteiger partial charge < -0.3 is 0 Å². The van der Waals surface area contributed by atoms with Gasteiger partial charge in [-0.15, -0.1) is 0 Å². The molecule has 0 unspecified atom stereocenters. The first-order chi connectivity index (χ1) is 10.6. The summed E-state index contributed by atoms with van der Waals surface area (Å²) in [6.07, 6.45) is 3.56. The zero-order valence-electron chi connectivity index (χ0n) is 12.8. The van der Waals surface area contributed by atoms with Crippen molar-refractivity contribution in [1.82, 2.24) is 0 Å². The zero-order chi connectivity index (χ0) is 15.5. The first-order valence-corrected chi connectivity index (χ1v) is 7.42. The molecule has 0 saturated carbocycles. The van der Waals surface area contributed by atoms with Crippen LogP contribution in [0.25, 0.3) is 16.8 Å². The van der Waals surface area contributed by atoms with E-state index in [2.05, 4.69) is 25.1 Å². The van der Waals surface area contributed by atoms with Crippen LogP contribution in [0, 0.1) is 13.8 Å². The van der Waals surface area contributed by atoms with Crippen LogP contribution in [0.1, 0.15) is 27.0 Å². The number of ketones is 1. The molecule has 0 aromatic heterocycles. The highest BCUT2D eigenvalue weighted by atomic mass is 16.1. The minimum absolute atomic E-state index is 0.0380. The third kappa shape index (κ3) is 2.84. The Hall–Kier alpha value is -2.67. The second-order valence-electron chi connectivity index (χ2n) is 5.56. The molecule has 0 N–H and O–H groups in total. The SMILES string of the molecule is Cc1ccc(C(=O)C=Cc2cccc3ccccc23)cc1C. The Bertz CT molecular complexity index is 867. The standard InChI is InChI=1S/C21H18O/c1-15-10-11-19(14-16(15)2)21(22)13-12-18-8-5-7-17-6-3-4-9-20(17)18/h3-14H,1-2H3. The summed E-state index contributed by atoms with van der Waals surface area (Å²) in [5, 5.41) is 2.34. The van der Waals surface area contributed by atoms with Crippen LogP contribution in [0.2, 0.25) is 0 Å². The first-order valence-electron chi connectivity index (χ1n) is 7.42. The van der Waals surface area contributed by atoms with Crippen molar-refractivity contribution in [3.05, 3.63) is 89.0 Å². The Morgan fingerprint density at radius 2 is 1.64 bits per heavy atom. The summed E-state index contributed by atoms with van der Waals surface area (Å²) in [4.78, 5) is 12.3. The Morgan fingerprint density at radius 1 is 0.864 bits per heavy atom. The van der Waals surface area contributed by atoms with E-state index in [1.54, 1.807) is 6.08 Å². The molecule has 0 radical (unpaired) electrons. The molecular formula is C21H18O. The average molecular weight is 286 g/mol.